The molecule has 0 saturated carbocycles. The third-order valence-corrected chi connectivity index (χ3v) is 4.10. The van der Waals surface area contributed by atoms with Crippen molar-refractivity contribution in [3.63, 3.8) is 0 Å². The van der Waals surface area contributed by atoms with E-state index in [-0.39, 0.29) is 5.91 Å². The van der Waals surface area contributed by atoms with Crippen LogP contribution in [0.5, 0.6) is 5.75 Å². The van der Waals surface area contributed by atoms with Crippen LogP contribution in [0.3, 0.4) is 0 Å². The lowest BCUT2D eigenvalue weighted by Gasteiger charge is -2.28. The lowest BCUT2D eigenvalue weighted by Crippen LogP contribution is -2.36. The highest BCUT2D eigenvalue weighted by Gasteiger charge is 2.11. The minimum Gasteiger partial charge on any atom is -0.497 e. The van der Waals surface area contributed by atoms with Crippen LogP contribution in [0, 0.1) is 0 Å². The summed E-state index contributed by atoms with van der Waals surface area (Å²) < 4.78 is 10.5. The Morgan fingerprint density at radius 1 is 1.17 bits per heavy atom. The molecule has 1 fully saturated rings. The van der Waals surface area contributed by atoms with Crippen molar-refractivity contribution in [2.24, 2.45) is 0 Å². The second kappa shape index (κ2) is 7.84. The first-order valence-corrected chi connectivity index (χ1v) is 8.10. The number of benzene rings is 2. The number of hydrogen-bond acceptors (Lipinski definition) is 4. The number of nitrogens with zero attached hydrogens (tertiary/aromatic N) is 1. The fourth-order valence-corrected chi connectivity index (χ4v) is 2.69. The van der Waals surface area contributed by atoms with E-state index in [1.807, 2.05) is 12.1 Å². The van der Waals surface area contributed by atoms with E-state index < -0.39 is 0 Å². The van der Waals surface area contributed by atoms with Gasteiger partial charge in [0.05, 0.1) is 20.3 Å². The molecule has 1 N–H and O–H groups in total. The zero-order valence-corrected chi connectivity index (χ0v) is 13.8. The van der Waals surface area contributed by atoms with Crippen LogP contribution in [0.15, 0.2) is 48.5 Å². The molecule has 0 radical (unpaired) electrons. The van der Waals surface area contributed by atoms with Gasteiger partial charge in [-0.1, -0.05) is 18.2 Å². The molecule has 1 aliphatic rings. The van der Waals surface area contributed by atoms with E-state index >= 15 is 0 Å². The maximum absolute atomic E-state index is 12.2. The van der Waals surface area contributed by atoms with Crippen LogP contribution in [0.4, 0.5) is 5.69 Å². The quantitative estimate of drug-likeness (QED) is 0.917. The zero-order chi connectivity index (χ0) is 16.8. The van der Waals surface area contributed by atoms with E-state index in [4.69, 9.17) is 9.47 Å². The Labute approximate surface area is 142 Å². The van der Waals surface area contributed by atoms with Gasteiger partial charge in [0.1, 0.15) is 5.75 Å². The number of carbonyl (C=O) groups excluding carboxylic acids is 1. The summed E-state index contributed by atoms with van der Waals surface area (Å²) in [4.78, 5) is 14.5. The molecule has 1 heterocycles. The number of anilines is 1. The molecule has 24 heavy (non-hydrogen) atoms. The van der Waals surface area contributed by atoms with E-state index in [2.05, 4.69) is 34.5 Å². The largest absolute Gasteiger partial charge is 0.497 e. The molecule has 1 amide bonds. The fraction of sp³-hybridized carbons (Fsp3) is 0.316. The molecule has 2 aromatic rings. The van der Waals surface area contributed by atoms with Gasteiger partial charge in [-0.05, 0) is 35.9 Å². The van der Waals surface area contributed by atoms with E-state index in [1.165, 1.54) is 5.69 Å². The van der Waals surface area contributed by atoms with Crippen molar-refractivity contribution >= 4 is 11.6 Å². The predicted molar refractivity (Wildman–Crippen MR) is 93.6 cm³/mol. The maximum atomic E-state index is 12.2. The van der Waals surface area contributed by atoms with Gasteiger partial charge in [0.25, 0.3) is 5.91 Å². The number of morpholine rings is 1. The molecule has 2 aromatic carbocycles. The second-order valence-corrected chi connectivity index (χ2v) is 5.68. The van der Waals surface area contributed by atoms with Crippen LogP contribution < -0.4 is 15.0 Å². The summed E-state index contributed by atoms with van der Waals surface area (Å²) in [6.45, 7) is 3.90. The Morgan fingerprint density at radius 2 is 1.92 bits per heavy atom. The van der Waals surface area contributed by atoms with Crippen LogP contribution in [0.1, 0.15) is 15.9 Å². The minimum absolute atomic E-state index is 0.105. The number of amides is 1. The molecule has 3 rings (SSSR count). The molecule has 1 aliphatic heterocycles. The first-order chi connectivity index (χ1) is 11.8. The second-order valence-electron chi connectivity index (χ2n) is 5.68. The summed E-state index contributed by atoms with van der Waals surface area (Å²) in [6.07, 6.45) is 0. The lowest BCUT2D eigenvalue weighted by atomic mass is 10.1. The topological polar surface area (TPSA) is 50.8 Å². The van der Waals surface area contributed by atoms with Gasteiger partial charge in [0, 0.05) is 30.9 Å². The van der Waals surface area contributed by atoms with Crippen LogP contribution in [0.2, 0.25) is 0 Å². The number of hydrogen-bond donors (Lipinski definition) is 1. The van der Waals surface area contributed by atoms with Crippen LogP contribution in [-0.2, 0) is 11.3 Å². The van der Waals surface area contributed by atoms with Crippen LogP contribution in [-0.4, -0.2) is 39.3 Å². The van der Waals surface area contributed by atoms with Crippen molar-refractivity contribution in [1.29, 1.82) is 0 Å². The van der Waals surface area contributed by atoms with Gasteiger partial charge in [-0.25, -0.2) is 0 Å². The molecule has 0 bridgehead atoms. The first-order valence-electron chi connectivity index (χ1n) is 8.10. The van der Waals surface area contributed by atoms with Crippen molar-refractivity contribution in [2.45, 2.75) is 6.54 Å². The highest BCUT2D eigenvalue weighted by molar-refractivity contribution is 5.94. The Morgan fingerprint density at radius 3 is 2.62 bits per heavy atom. The van der Waals surface area contributed by atoms with Crippen molar-refractivity contribution in [3.05, 3.63) is 59.7 Å². The SMILES string of the molecule is COc1cccc(C(=O)NCc2ccc(N3CCOCC3)cc2)c1. The van der Waals surface area contributed by atoms with Gasteiger partial charge in [-0.3, -0.25) is 4.79 Å². The van der Waals surface area contributed by atoms with Gasteiger partial charge in [0.2, 0.25) is 0 Å². The Hall–Kier alpha value is -2.53. The van der Waals surface area contributed by atoms with E-state index in [0.717, 1.165) is 31.9 Å². The average Bonchev–Trinajstić information content (AvgIpc) is 2.67. The van der Waals surface area contributed by atoms with Crippen LogP contribution >= 0.6 is 0 Å². The summed E-state index contributed by atoms with van der Waals surface area (Å²) in [5, 5.41) is 2.94. The zero-order valence-electron chi connectivity index (χ0n) is 13.8. The van der Waals surface area contributed by atoms with Gasteiger partial charge < -0.3 is 19.7 Å². The molecule has 0 atom stereocenters. The fourth-order valence-electron chi connectivity index (χ4n) is 2.69. The number of rotatable bonds is 5. The Balaban J connectivity index is 1.56. The first kappa shape index (κ1) is 16.3. The van der Waals surface area contributed by atoms with E-state index in [9.17, 15) is 4.79 Å². The average molecular weight is 326 g/mol. The minimum atomic E-state index is -0.105. The molecular formula is C19H22N2O3. The van der Waals surface area contributed by atoms with Gasteiger partial charge in [-0.2, -0.15) is 0 Å². The number of methoxy groups -OCH3 is 1. The molecule has 5 heteroatoms. The molecule has 0 aromatic heterocycles. The summed E-state index contributed by atoms with van der Waals surface area (Å²) in [6, 6.07) is 15.4. The normalized spacial score (nSPS) is 14.3. The summed E-state index contributed by atoms with van der Waals surface area (Å²) in [5.74, 6) is 0.573. The number of nitrogens with one attached hydrogen (secondary N) is 1. The third kappa shape index (κ3) is 4.06. The van der Waals surface area contributed by atoms with Gasteiger partial charge in [0.15, 0.2) is 0 Å². The smallest absolute Gasteiger partial charge is 0.251 e. The standard InChI is InChI=1S/C19H22N2O3/c1-23-18-4-2-3-16(13-18)19(22)20-14-15-5-7-17(8-6-15)21-9-11-24-12-10-21/h2-8,13H,9-12,14H2,1H3,(H,20,22). The van der Waals surface area contributed by atoms with E-state index in [1.54, 1.807) is 19.2 Å². The molecule has 0 aliphatic carbocycles. The molecule has 5 nitrogen and oxygen atoms in total. The summed E-state index contributed by atoms with van der Waals surface area (Å²) >= 11 is 0. The lowest BCUT2D eigenvalue weighted by molar-refractivity contribution is 0.0950. The molecule has 126 valence electrons. The van der Waals surface area contributed by atoms with Crippen LogP contribution in [0.25, 0.3) is 0 Å². The maximum Gasteiger partial charge on any atom is 0.251 e. The summed E-state index contributed by atoms with van der Waals surface area (Å²) in [5.41, 5.74) is 2.86. The highest BCUT2D eigenvalue weighted by Crippen LogP contribution is 2.17. The van der Waals surface area contributed by atoms with Crippen molar-refractivity contribution in [2.75, 3.05) is 38.3 Å². The predicted octanol–water partition coefficient (Wildman–Crippen LogP) is 2.46. The summed E-state index contributed by atoms with van der Waals surface area (Å²) in [7, 11) is 1.59. The monoisotopic (exact) mass is 326 g/mol. The van der Waals surface area contributed by atoms with Crippen molar-refractivity contribution < 1.29 is 14.3 Å². The van der Waals surface area contributed by atoms with E-state index in [0.29, 0.717) is 17.9 Å². The van der Waals surface area contributed by atoms with Gasteiger partial charge in [-0.15, -0.1) is 0 Å². The Kier molecular flexibility index (Phi) is 5.33. The Bertz CT molecular complexity index is 679. The highest BCUT2D eigenvalue weighted by atomic mass is 16.5. The van der Waals surface area contributed by atoms with Gasteiger partial charge >= 0.3 is 0 Å². The molecule has 1 saturated heterocycles. The molecule has 0 unspecified atom stereocenters. The number of carbonyl (C=O) groups is 1. The third-order valence-electron chi connectivity index (χ3n) is 4.10. The van der Waals surface area contributed by atoms with Crippen molar-refractivity contribution in [1.82, 2.24) is 5.32 Å². The van der Waals surface area contributed by atoms with Crippen molar-refractivity contribution in [3.8, 4) is 5.75 Å². The molecular weight excluding hydrogens is 304 g/mol. The molecule has 0 spiro atoms. The number of ether oxygens (including phenoxy) is 2.